The van der Waals surface area contributed by atoms with Crippen LogP contribution in [0.4, 0.5) is 4.39 Å². The molecule has 0 fully saturated rings. The first-order chi connectivity index (χ1) is 3.31. The molecule has 0 aromatic rings. The maximum Gasteiger partial charge on any atom is 0.155 e. The molecule has 0 bridgehead atoms. The average molecular weight is 140 g/mol. The monoisotopic (exact) mass is 140 g/mol. The summed E-state index contributed by atoms with van der Waals surface area (Å²) in [7, 11) is 2.76. The molecule has 0 aromatic heterocycles. The van der Waals surface area contributed by atoms with Crippen molar-refractivity contribution in [3.8, 4) is 0 Å². The maximum absolute atomic E-state index is 12.1. The summed E-state index contributed by atoms with van der Waals surface area (Å²) in [4.78, 5) is 0. The van der Waals surface area contributed by atoms with Gasteiger partial charge in [-0.25, -0.2) is 4.39 Å². The number of rotatable bonds is 3. The summed E-state index contributed by atoms with van der Waals surface area (Å²) in [6.07, 6.45) is 2.50. The third kappa shape index (κ3) is 4.48. The maximum atomic E-state index is 12.1. The first-order valence-corrected chi connectivity index (χ1v) is 4.77. The van der Waals surface area contributed by atoms with Gasteiger partial charge >= 0.3 is 0 Å². The Morgan fingerprint density at radius 2 is 2.29 bits per heavy atom. The minimum Gasteiger partial charge on any atom is -0.235 e. The van der Waals surface area contributed by atoms with Gasteiger partial charge < -0.3 is 0 Å². The lowest BCUT2D eigenvalue weighted by molar-refractivity contribution is 0.445. The summed E-state index contributed by atoms with van der Waals surface area (Å²) in [5, 5.41) is 0. The van der Waals surface area contributed by atoms with Crippen LogP contribution in [0.3, 0.4) is 0 Å². The SMILES string of the molecule is CC[C@@H](F)SSC. The summed E-state index contributed by atoms with van der Waals surface area (Å²) < 4.78 is 12.1. The highest BCUT2D eigenvalue weighted by atomic mass is 33.1. The van der Waals surface area contributed by atoms with Crippen molar-refractivity contribution in [2.24, 2.45) is 0 Å². The van der Waals surface area contributed by atoms with Crippen molar-refractivity contribution in [2.45, 2.75) is 18.8 Å². The first kappa shape index (κ1) is 7.63. The van der Waals surface area contributed by atoms with Crippen LogP contribution >= 0.6 is 21.6 Å². The van der Waals surface area contributed by atoms with Gasteiger partial charge in [0, 0.05) is 0 Å². The van der Waals surface area contributed by atoms with Gasteiger partial charge in [0.1, 0.15) is 0 Å². The van der Waals surface area contributed by atoms with Crippen molar-refractivity contribution < 1.29 is 4.39 Å². The molecule has 7 heavy (non-hydrogen) atoms. The zero-order chi connectivity index (χ0) is 5.70. The largest absolute Gasteiger partial charge is 0.235 e. The van der Waals surface area contributed by atoms with E-state index in [0.717, 1.165) is 0 Å². The molecule has 0 unspecified atom stereocenters. The minimum atomic E-state index is -0.671. The second kappa shape index (κ2) is 4.78. The van der Waals surface area contributed by atoms with E-state index in [1.807, 2.05) is 13.2 Å². The highest BCUT2D eigenvalue weighted by Crippen LogP contribution is 2.26. The fraction of sp³-hybridized carbons (Fsp3) is 1.00. The van der Waals surface area contributed by atoms with Gasteiger partial charge in [0.05, 0.1) is 0 Å². The van der Waals surface area contributed by atoms with Crippen LogP contribution < -0.4 is 0 Å². The molecule has 0 radical (unpaired) electrons. The lowest BCUT2D eigenvalue weighted by Crippen LogP contribution is -1.84. The summed E-state index contributed by atoms with van der Waals surface area (Å²) in [5.74, 6) is 0. The molecule has 0 saturated carbocycles. The third-order valence-electron chi connectivity index (χ3n) is 0.522. The van der Waals surface area contributed by atoms with Crippen LogP contribution in [0.15, 0.2) is 0 Å². The molecule has 1 atom stereocenters. The standard InChI is InChI=1S/C4H9FS2/c1-3-4(5)7-6-2/h4H,3H2,1-2H3/t4-/m0/s1. The lowest BCUT2D eigenvalue weighted by Gasteiger charge is -1.97. The molecule has 0 heterocycles. The topological polar surface area (TPSA) is 0 Å². The van der Waals surface area contributed by atoms with E-state index in [0.29, 0.717) is 6.42 Å². The normalized spacial score (nSPS) is 14.1. The minimum absolute atomic E-state index is 0.617. The van der Waals surface area contributed by atoms with E-state index >= 15 is 0 Å². The van der Waals surface area contributed by atoms with E-state index in [4.69, 9.17) is 0 Å². The molecule has 44 valence electrons. The van der Waals surface area contributed by atoms with E-state index in [1.165, 1.54) is 21.6 Å². The summed E-state index contributed by atoms with van der Waals surface area (Å²) in [6.45, 7) is 1.84. The smallest absolute Gasteiger partial charge is 0.155 e. The quantitative estimate of drug-likeness (QED) is 0.553. The highest BCUT2D eigenvalue weighted by molar-refractivity contribution is 8.76. The predicted octanol–water partition coefficient (Wildman–Crippen LogP) is 2.70. The molecule has 0 aliphatic rings. The Hall–Kier alpha value is 0.630. The molecule has 0 spiro atoms. The number of alkyl halides is 1. The van der Waals surface area contributed by atoms with Gasteiger partial charge in [0.15, 0.2) is 5.50 Å². The van der Waals surface area contributed by atoms with E-state index in [-0.39, 0.29) is 0 Å². The zero-order valence-corrected chi connectivity index (χ0v) is 6.11. The van der Waals surface area contributed by atoms with Crippen molar-refractivity contribution in [1.82, 2.24) is 0 Å². The molecule has 0 aliphatic heterocycles. The van der Waals surface area contributed by atoms with Gasteiger partial charge in [-0.15, -0.1) is 0 Å². The van der Waals surface area contributed by atoms with Crippen LogP contribution in [0.5, 0.6) is 0 Å². The number of halogens is 1. The van der Waals surface area contributed by atoms with Gasteiger partial charge in [-0.2, -0.15) is 0 Å². The van der Waals surface area contributed by atoms with Crippen molar-refractivity contribution in [1.29, 1.82) is 0 Å². The Morgan fingerprint density at radius 1 is 1.71 bits per heavy atom. The molecular weight excluding hydrogens is 131 g/mol. The second-order valence-corrected chi connectivity index (χ2v) is 3.70. The molecule has 0 nitrogen and oxygen atoms in total. The van der Waals surface area contributed by atoms with Crippen molar-refractivity contribution in [2.75, 3.05) is 6.26 Å². The fourth-order valence-corrected chi connectivity index (χ4v) is 1.55. The van der Waals surface area contributed by atoms with E-state index in [9.17, 15) is 4.39 Å². The average Bonchev–Trinajstić information content (AvgIpc) is 1.68. The van der Waals surface area contributed by atoms with E-state index < -0.39 is 5.50 Å². The third-order valence-corrected chi connectivity index (χ3v) is 2.46. The van der Waals surface area contributed by atoms with Gasteiger partial charge in [-0.3, -0.25) is 0 Å². The van der Waals surface area contributed by atoms with Gasteiger partial charge in [-0.05, 0) is 12.7 Å². The van der Waals surface area contributed by atoms with Gasteiger partial charge in [0.25, 0.3) is 0 Å². The molecule has 0 saturated heterocycles. The van der Waals surface area contributed by atoms with Crippen LogP contribution in [0.25, 0.3) is 0 Å². The molecule has 0 N–H and O–H groups in total. The first-order valence-electron chi connectivity index (χ1n) is 2.14. The van der Waals surface area contributed by atoms with Crippen LogP contribution in [-0.2, 0) is 0 Å². The van der Waals surface area contributed by atoms with Crippen LogP contribution in [0.1, 0.15) is 13.3 Å². The van der Waals surface area contributed by atoms with Gasteiger partial charge in [0.2, 0.25) is 0 Å². The molecular formula is C4H9FS2. The summed E-state index contributed by atoms with van der Waals surface area (Å²) in [5.41, 5.74) is -0.671. The number of hydrogen-bond acceptors (Lipinski definition) is 2. The summed E-state index contributed by atoms with van der Waals surface area (Å²) in [6, 6.07) is 0. The second-order valence-electron chi connectivity index (χ2n) is 1.08. The van der Waals surface area contributed by atoms with Gasteiger partial charge in [-0.1, -0.05) is 28.5 Å². The Bertz CT molecular complexity index is 40.7. The van der Waals surface area contributed by atoms with E-state index in [1.54, 1.807) is 0 Å². The fourth-order valence-electron chi connectivity index (χ4n) is 0.172. The molecule has 0 aromatic carbocycles. The summed E-state index contributed by atoms with van der Waals surface area (Å²) >= 11 is 0. The van der Waals surface area contributed by atoms with Crippen LogP contribution in [0, 0.1) is 0 Å². The Labute approximate surface area is 51.6 Å². The Morgan fingerprint density at radius 3 is 2.43 bits per heavy atom. The van der Waals surface area contributed by atoms with Crippen LogP contribution in [0.2, 0.25) is 0 Å². The molecule has 0 amide bonds. The van der Waals surface area contributed by atoms with Crippen molar-refractivity contribution in [3.05, 3.63) is 0 Å². The van der Waals surface area contributed by atoms with Crippen LogP contribution in [-0.4, -0.2) is 11.8 Å². The lowest BCUT2D eigenvalue weighted by atomic mass is 10.6. The highest BCUT2D eigenvalue weighted by Gasteiger charge is 1.98. The Kier molecular flexibility index (Phi) is 5.21. The number of hydrogen-bond donors (Lipinski definition) is 0. The van der Waals surface area contributed by atoms with E-state index in [2.05, 4.69) is 0 Å². The van der Waals surface area contributed by atoms with Crippen molar-refractivity contribution >= 4 is 21.6 Å². The van der Waals surface area contributed by atoms with Crippen molar-refractivity contribution in [3.63, 3.8) is 0 Å². The Balaban J connectivity index is 2.83. The zero-order valence-electron chi connectivity index (χ0n) is 4.48. The molecule has 3 heteroatoms. The predicted molar refractivity (Wildman–Crippen MR) is 36.3 cm³/mol. The molecule has 0 rings (SSSR count). The molecule has 0 aliphatic carbocycles.